The van der Waals surface area contributed by atoms with Crippen LogP contribution in [0, 0.1) is 5.92 Å². The molecule has 0 aliphatic carbocycles. The van der Waals surface area contributed by atoms with Gasteiger partial charge in [0.2, 0.25) is 0 Å². The SMILES string of the molecule is C/C=C1/C[C@@H](C)[C@@](O)(CO)C(=O)OCC2=CCN3CC[C@@H](OC1=O)[C@H]23. The van der Waals surface area contributed by atoms with E-state index in [9.17, 15) is 19.8 Å². The van der Waals surface area contributed by atoms with Crippen LogP contribution in [0.5, 0.6) is 0 Å². The van der Waals surface area contributed by atoms with Crippen molar-refractivity contribution in [3.8, 4) is 0 Å². The molecule has 0 saturated carbocycles. The van der Waals surface area contributed by atoms with Gasteiger partial charge < -0.3 is 19.7 Å². The monoisotopic (exact) mass is 351 g/mol. The molecule has 138 valence electrons. The van der Waals surface area contributed by atoms with E-state index in [0.29, 0.717) is 5.57 Å². The first-order chi connectivity index (χ1) is 11.9. The zero-order valence-corrected chi connectivity index (χ0v) is 14.6. The van der Waals surface area contributed by atoms with Crippen molar-refractivity contribution < 1.29 is 29.3 Å². The lowest BCUT2D eigenvalue weighted by atomic mass is 9.84. The van der Waals surface area contributed by atoms with Gasteiger partial charge in [-0.25, -0.2) is 9.59 Å². The summed E-state index contributed by atoms with van der Waals surface area (Å²) >= 11 is 0. The third kappa shape index (κ3) is 3.12. The van der Waals surface area contributed by atoms with Gasteiger partial charge >= 0.3 is 11.9 Å². The topological polar surface area (TPSA) is 96.3 Å². The normalized spacial score (nSPS) is 38.5. The molecule has 7 heteroatoms. The van der Waals surface area contributed by atoms with E-state index in [1.165, 1.54) is 0 Å². The molecule has 3 rings (SSSR count). The Kier molecular flexibility index (Phi) is 4.99. The molecule has 0 aromatic carbocycles. The Morgan fingerprint density at radius 1 is 1.44 bits per heavy atom. The van der Waals surface area contributed by atoms with E-state index >= 15 is 0 Å². The zero-order valence-electron chi connectivity index (χ0n) is 14.6. The number of cyclic esters (lactones) is 1. The smallest absolute Gasteiger partial charge is 0.341 e. The largest absolute Gasteiger partial charge is 0.459 e. The summed E-state index contributed by atoms with van der Waals surface area (Å²) in [6.07, 6.45) is 4.20. The minimum atomic E-state index is -2.05. The van der Waals surface area contributed by atoms with E-state index in [1.807, 2.05) is 6.08 Å². The second-order valence-corrected chi connectivity index (χ2v) is 7.03. The summed E-state index contributed by atoms with van der Waals surface area (Å²) in [6.45, 7) is 4.12. The van der Waals surface area contributed by atoms with Crippen LogP contribution in [0.15, 0.2) is 23.3 Å². The van der Waals surface area contributed by atoms with Crippen LogP contribution in [-0.2, 0) is 19.1 Å². The summed E-state index contributed by atoms with van der Waals surface area (Å²) in [7, 11) is 0. The van der Waals surface area contributed by atoms with Crippen LogP contribution in [-0.4, -0.2) is 71.1 Å². The summed E-state index contributed by atoms with van der Waals surface area (Å²) in [6, 6.07) is -0.0890. The van der Waals surface area contributed by atoms with Crippen molar-refractivity contribution in [1.29, 1.82) is 0 Å². The van der Waals surface area contributed by atoms with Crippen molar-refractivity contribution in [1.82, 2.24) is 4.90 Å². The highest BCUT2D eigenvalue weighted by molar-refractivity contribution is 5.89. The molecule has 2 N–H and O–H groups in total. The van der Waals surface area contributed by atoms with Crippen molar-refractivity contribution >= 4 is 11.9 Å². The van der Waals surface area contributed by atoms with Crippen LogP contribution in [0.2, 0.25) is 0 Å². The van der Waals surface area contributed by atoms with E-state index < -0.39 is 30.1 Å². The molecule has 3 heterocycles. The van der Waals surface area contributed by atoms with Gasteiger partial charge in [-0.2, -0.15) is 0 Å². The molecular formula is C18H25NO6. The van der Waals surface area contributed by atoms with Gasteiger partial charge in [-0.3, -0.25) is 4.90 Å². The van der Waals surface area contributed by atoms with E-state index in [0.717, 1.165) is 25.1 Å². The molecule has 4 atom stereocenters. The molecule has 3 aliphatic rings. The number of carbonyl (C=O) groups is 2. The Bertz CT molecular complexity index is 627. The average molecular weight is 351 g/mol. The maximum atomic E-state index is 12.6. The molecule has 0 aromatic heterocycles. The van der Waals surface area contributed by atoms with Gasteiger partial charge in [0, 0.05) is 24.6 Å². The fourth-order valence-corrected chi connectivity index (χ4v) is 3.85. The predicted octanol–water partition coefficient (Wildman–Crippen LogP) is 0.165. The highest BCUT2D eigenvalue weighted by Gasteiger charge is 2.46. The Morgan fingerprint density at radius 2 is 2.20 bits per heavy atom. The van der Waals surface area contributed by atoms with E-state index in [-0.39, 0.29) is 25.2 Å². The Balaban J connectivity index is 1.93. The summed E-state index contributed by atoms with van der Waals surface area (Å²) in [4.78, 5) is 27.2. The average Bonchev–Trinajstić information content (AvgIpc) is 3.18. The second kappa shape index (κ2) is 6.90. The predicted molar refractivity (Wildman–Crippen MR) is 88.5 cm³/mol. The minimum Gasteiger partial charge on any atom is -0.459 e. The van der Waals surface area contributed by atoms with E-state index in [4.69, 9.17) is 9.47 Å². The van der Waals surface area contributed by atoms with Crippen molar-refractivity contribution in [3.05, 3.63) is 23.3 Å². The molecule has 0 spiro atoms. The highest BCUT2D eigenvalue weighted by Crippen LogP contribution is 2.34. The zero-order chi connectivity index (χ0) is 18.2. The van der Waals surface area contributed by atoms with Gasteiger partial charge in [-0.05, 0) is 25.3 Å². The molecule has 0 unspecified atom stereocenters. The number of aliphatic hydroxyl groups excluding tert-OH is 1. The molecule has 0 amide bonds. The van der Waals surface area contributed by atoms with Gasteiger partial charge in [0.05, 0.1) is 12.6 Å². The van der Waals surface area contributed by atoms with Crippen LogP contribution in [0.3, 0.4) is 0 Å². The number of hydrogen-bond donors (Lipinski definition) is 2. The van der Waals surface area contributed by atoms with Gasteiger partial charge in [-0.1, -0.05) is 19.1 Å². The first-order valence-corrected chi connectivity index (χ1v) is 8.70. The Hall–Kier alpha value is -1.70. The lowest BCUT2D eigenvalue weighted by Gasteiger charge is -2.32. The van der Waals surface area contributed by atoms with Crippen molar-refractivity contribution in [2.24, 2.45) is 5.92 Å². The van der Waals surface area contributed by atoms with Crippen molar-refractivity contribution in [2.45, 2.75) is 44.4 Å². The van der Waals surface area contributed by atoms with Crippen molar-refractivity contribution in [3.63, 3.8) is 0 Å². The van der Waals surface area contributed by atoms with E-state index in [2.05, 4.69) is 4.90 Å². The number of nitrogens with zero attached hydrogens (tertiary/aromatic N) is 1. The van der Waals surface area contributed by atoms with Crippen LogP contribution >= 0.6 is 0 Å². The van der Waals surface area contributed by atoms with Crippen LogP contribution in [0.25, 0.3) is 0 Å². The third-order valence-electron chi connectivity index (χ3n) is 5.59. The first-order valence-electron chi connectivity index (χ1n) is 8.70. The van der Waals surface area contributed by atoms with E-state index in [1.54, 1.807) is 19.9 Å². The number of esters is 2. The van der Waals surface area contributed by atoms with Crippen molar-refractivity contribution in [2.75, 3.05) is 26.3 Å². The summed E-state index contributed by atoms with van der Waals surface area (Å²) < 4.78 is 11.1. The minimum absolute atomic E-state index is 0.0273. The van der Waals surface area contributed by atoms with Gasteiger partial charge in [0.25, 0.3) is 0 Å². The summed E-state index contributed by atoms with van der Waals surface area (Å²) in [5, 5.41) is 20.2. The Morgan fingerprint density at radius 3 is 2.88 bits per heavy atom. The van der Waals surface area contributed by atoms with Crippen LogP contribution in [0.4, 0.5) is 0 Å². The second-order valence-electron chi connectivity index (χ2n) is 7.03. The van der Waals surface area contributed by atoms with Crippen LogP contribution < -0.4 is 0 Å². The maximum absolute atomic E-state index is 12.6. The standard InChI is InChI=1S/C18H25NO6/c1-3-12-8-11(2)18(23,10-20)17(22)24-9-13-4-6-19-7-5-14(15(13)19)25-16(12)21/h3-4,11,14-15,20,23H,5-10H2,1-2H3/b12-3-/t11-,14-,15+,18+/m1/s1. The summed E-state index contributed by atoms with van der Waals surface area (Å²) in [5.74, 6) is -1.99. The number of allylic oxidation sites excluding steroid dienone is 1. The molecule has 2 saturated heterocycles. The molecular weight excluding hydrogens is 326 g/mol. The molecule has 25 heavy (non-hydrogen) atoms. The number of hydrogen-bond acceptors (Lipinski definition) is 7. The first kappa shape index (κ1) is 18.1. The number of aliphatic hydroxyl groups is 2. The third-order valence-corrected chi connectivity index (χ3v) is 5.59. The number of carbonyl (C=O) groups excluding carboxylic acids is 2. The highest BCUT2D eigenvalue weighted by atomic mass is 16.6. The molecule has 0 bridgehead atoms. The molecule has 3 aliphatic heterocycles. The van der Waals surface area contributed by atoms with Crippen LogP contribution in [0.1, 0.15) is 26.7 Å². The van der Waals surface area contributed by atoms with Gasteiger partial charge in [-0.15, -0.1) is 0 Å². The lowest BCUT2D eigenvalue weighted by Crippen LogP contribution is -2.50. The van der Waals surface area contributed by atoms with Gasteiger partial charge in [0.1, 0.15) is 12.7 Å². The summed E-state index contributed by atoms with van der Waals surface area (Å²) in [5.41, 5.74) is -0.796. The quantitative estimate of drug-likeness (QED) is 0.395. The van der Waals surface area contributed by atoms with Gasteiger partial charge in [0.15, 0.2) is 5.60 Å². The Labute approximate surface area is 146 Å². The molecule has 2 fully saturated rings. The fraction of sp³-hybridized carbons (Fsp3) is 0.667. The number of rotatable bonds is 1. The fourth-order valence-electron chi connectivity index (χ4n) is 3.85. The molecule has 0 radical (unpaired) electrons. The number of ether oxygens (including phenoxy) is 2. The molecule has 0 aromatic rings. The lowest BCUT2D eigenvalue weighted by molar-refractivity contribution is -0.176. The molecule has 7 nitrogen and oxygen atoms in total. The maximum Gasteiger partial charge on any atom is 0.341 e.